The second kappa shape index (κ2) is 13.5. The zero-order valence-electron chi connectivity index (χ0n) is 30.6. The van der Waals surface area contributed by atoms with Crippen molar-refractivity contribution in [1.29, 1.82) is 0 Å². The Bertz CT molecular complexity index is 3170. The molecule has 3 aromatic heterocycles. The number of fused-ring (bicyclic) bond motifs is 6. The predicted octanol–water partition coefficient (Wildman–Crippen LogP) is 13.8. The van der Waals surface area contributed by atoms with Crippen LogP contribution in [0.3, 0.4) is 0 Å². The van der Waals surface area contributed by atoms with Gasteiger partial charge in [0.05, 0.1) is 5.69 Å². The molecule has 0 N–H and O–H groups in total. The molecule has 11 aromatic rings. The molecule has 0 atom stereocenters. The van der Waals surface area contributed by atoms with Gasteiger partial charge < -0.3 is 13.7 Å². The highest BCUT2D eigenvalue weighted by Gasteiger charge is 2.20. The molecule has 6 heteroatoms. The van der Waals surface area contributed by atoms with E-state index in [0.29, 0.717) is 17.5 Å². The van der Waals surface area contributed by atoms with Crippen LogP contribution in [0.15, 0.2) is 203 Å². The molecular weight excluding hydrogens is 701 g/mol. The molecule has 6 nitrogen and oxygen atoms in total. The fraction of sp³-hybridized carbons (Fsp3) is 0. The molecule has 0 fully saturated rings. The van der Waals surface area contributed by atoms with E-state index in [1.807, 2.05) is 84.9 Å². The predicted molar refractivity (Wildman–Crippen MR) is 231 cm³/mol. The molecular formula is C51H32N4O2. The Morgan fingerprint density at radius 1 is 0.316 bits per heavy atom. The first-order chi connectivity index (χ1) is 28.2. The lowest BCUT2D eigenvalue weighted by Gasteiger charge is -2.25. The second-order valence-electron chi connectivity index (χ2n) is 14.0. The number of hydrogen-bond donors (Lipinski definition) is 0. The van der Waals surface area contributed by atoms with Crippen molar-refractivity contribution in [1.82, 2.24) is 15.0 Å². The number of benzene rings is 8. The third-order valence-corrected chi connectivity index (χ3v) is 10.5. The molecule has 8 aromatic carbocycles. The smallest absolute Gasteiger partial charge is 0.164 e. The molecule has 0 spiro atoms. The van der Waals surface area contributed by atoms with Gasteiger partial charge in [0.25, 0.3) is 0 Å². The lowest BCUT2D eigenvalue weighted by atomic mass is 10.0. The Kier molecular flexibility index (Phi) is 7.71. The minimum atomic E-state index is 0.590. The van der Waals surface area contributed by atoms with Gasteiger partial charge in [0.2, 0.25) is 0 Å². The average Bonchev–Trinajstić information content (AvgIpc) is 3.86. The number of rotatable bonds is 7. The molecule has 268 valence electrons. The summed E-state index contributed by atoms with van der Waals surface area (Å²) >= 11 is 0. The van der Waals surface area contributed by atoms with Crippen LogP contribution in [-0.4, -0.2) is 15.0 Å². The number of furan rings is 2. The quantitative estimate of drug-likeness (QED) is 0.162. The summed E-state index contributed by atoms with van der Waals surface area (Å²) in [6.45, 7) is 0. The first-order valence-corrected chi connectivity index (χ1v) is 18.9. The fourth-order valence-corrected chi connectivity index (χ4v) is 7.75. The maximum Gasteiger partial charge on any atom is 0.164 e. The fourth-order valence-electron chi connectivity index (χ4n) is 7.75. The van der Waals surface area contributed by atoms with Crippen LogP contribution >= 0.6 is 0 Å². The maximum atomic E-state index is 6.49. The van der Waals surface area contributed by atoms with E-state index in [1.54, 1.807) is 0 Å². The highest BCUT2D eigenvalue weighted by atomic mass is 16.3. The Morgan fingerprint density at radius 3 is 1.58 bits per heavy atom. The van der Waals surface area contributed by atoms with Crippen molar-refractivity contribution in [3.63, 3.8) is 0 Å². The maximum absolute atomic E-state index is 6.49. The largest absolute Gasteiger partial charge is 0.456 e. The van der Waals surface area contributed by atoms with Crippen molar-refractivity contribution >= 4 is 60.9 Å². The Morgan fingerprint density at radius 2 is 0.860 bits per heavy atom. The van der Waals surface area contributed by atoms with Gasteiger partial charge in [-0.2, -0.15) is 0 Å². The van der Waals surface area contributed by atoms with Gasteiger partial charge in [0.1, 0.15) is 16.7 Å². The number of nitrogens with zero attached hydrogens (tertiary/aromatic N) is 4. The van der Waals surface area contributed by atoms with Gasteiger partial charge >= 0.3 is 0 Å². The molecule has 3 heterocycles. The second-order valence-corrected chi connectivity index (χ2v) is 14.0. The molecule has 0 amide bonds. The van der Waals surface area contributed by atoms with Crippen LogP contribution < -0.4 is 4.90 Å². The summed E-state index contributed by atoms with van der Waals surface area (Å²) in [6, 6.07) is 66.3. The van der Waals surface area contributed by atoms with E-state index < -0.39 is 0 Å². The van der Waals surface area contributed by atoms with E-state index in [2.05, 4.69) is 114 Å². The molecule has 0 bridgehead atoms. The van der Waals surface area contributed by atoms with Gasteiger partial charge in [-0.05, 0) is 71.8 Å². The van der Waals surface area contributed by atoms with Gasteiger partial charge in [-0.1, -0.05) is 133 Å². The zero-order chi connectivity index (χ0) is 37.7. The minimum absolute atomic E-state index is 0.590. The topological polar surface area (TPSA) is 68.2 Å². The summed E-state index contributed by atoms with van der Waals surface area (Å²) in [5.74, 6) is 1.84. The van der Waals surface area contributed by atoms with Crippen molar-refractivity contribution < 1.29 is 8.83 Å². The molecule has 0 saturated carbocycles. The van der Waals surface area contributed by atoms with E-state index in [9.17, 15) is 0 Å². The third-order valence-electron chi connectivity index (χ3n) is 10.5. The first-order valence-electron chi connectivity index (χ1n) is 18.9. The minimum Gasteiger partial charge on any atom is -0.456 e. The van der Waals surface area contributed by atoms with Crippen LogP contribution in [0, 0.1) is 0 Å². The SMILES string of the molecule is c1ccc(-c2nc(-c3ccccc3)nc(-c3ccc4c(c3)oc3ccc(-c5ccc(N(c6ccccc6)c6cccc7c6oc6ccccc67)cc5)cc34)n2)cc1. The van der Waals surface area contributed by atoms with E-state index in [1.165, 1.54) is 0 Å². The van der Waals surface area contributed by atoms with Crippen LogP contribution in [0.25, 0.3) is 89.2 Å². The summed E-state index contributed by atoms with van der Waals surface area (Å²) in [4.78, 5) is 17.0. The van der Waals surface area contributed by atoms with Gasteiger partial charge in [-0.3, -0.25) is 0 Å². The molecule has 57 heavy (non-hydrogen) atoms. The molecule has 11 rings (SSSR count). The Balaban J connectivity index is 0.959. The molecule has 0 aliphatic carbocycles. The van der Waals surface area contributed by atoms with Crippen molar-refractivity contribution in [2.24, 2.45) is 0 Å². The molecule has 0 saturated heterocycles. The van der Waals surface area contributed by atoms with Crippen LogP contribution in [-0.2, 0) is 0 Å². The monoisotopic (exact) mass is 732 g/mol. The van der Waals surface area contributed by atoms with Crippen molar-refractivity contribution in [2.45, 2.75) is 0 Å². The highest BCUT2D eigenvalue weighted by molar-refractivity contribution is 6.10. The lowest BCUT2D eigenvalue weighted by Crippen LogP contribution is -2.10. The summed E-state index contributed by atoms with van der Waals surface area (Å²) < 4.78 is 12.9. The third kappa shape index (κ3) is 5.79. The van der Waals surface area contributed by atoms with E-state index in [4.69, 9.17) is 23.8 Å². The Labute approximate surface area is 328 Å². The number of aromatic nitrogens is 3. The number of anilines is 3. The lowest BCUT2D eigenvalue weighted by molar-refractivity contribution is 0.668. The first kappa shape index (κ1) is 32.6. The van der Waals surface area contributed by atoms with Crippen LogP contribution in [0.2, 0.25) is 0 Å². The molecule has 0 aliphatic heterocycles. The van der Waals surface area contributed by atoms with Crippen molar-refractivity contribution in [3.8, 4) is 45.3 Å². The summed E-state index contributed by atoms with van der Waals surface area (Å²) in [5.41, 5.74) is 11.3. The van der Waals surface area contributed by atoms with E-state index in [0.717, 1.165) is 88.8 Å². The van der Waals surface area contributed by atoms with E-state index >= 15 is 0 Å². The normalized spacial score (nSPS) is 11.5. The van der Waals surface area contributed by atoms with Gasteiger partial charge in [-0.25, -0.2) is 15.0 Å². The molecule has 0 radical (unpaired) electrons. The summed E-state index contributed by atoms with van der Waals surface area (Å²) in [5, 5.41) is 4.28. The van der Waals surface area contributed by atoms with Gasteiger partial charge in [-0.15, -0.1) is 0 Å². The van der Waals surface area contributed by atoms with Gasteiger partial charge in [0.15, 0.2) is 23.1 Å². The van der Waals surface area contributed by atoms with E-state index in [-0.39, 0.29) is 0 Å². The standard InChI is InChI=1S/C51H32N4O2/c1-4-13-34(14-5-1)49-52-50(35-15-6-2-7-16-35)54-51(53-49)37-25-29-41-43-31-36(26-30-46(43)56-47(41)32-37)33-23-27-39(28-24-33)55(38-17-8-3-9-18-38)44-21-12-20-42-40-19-10-11-22-45(40)57-48(42)44/h1-32H. The van der Waals surface area contributed by atoms with Crippen molar-refractivity contribution in [2.75, 3.05) is 4.90 Å². The van der Waals surface area contributed by atoms with Gasteiger partial charge in [0, 0.05) is 49.6 Å². The van der Waals surface area contributed by atoms with Crippen LogP contribution in [0.4, 0.5) is 17.1 Å². The summed E-state index contributed by atoms with van der Waals surface area (Å²) in [6.07, 6.45) is 0. The molecule has 0 aliphatic rings. The number of para-hydroxylation sites is 3. The average molecular weight is 733 g/mol. The van der Waals surface area contributed by atoms with Crippen molar-refractivity contribution in [3.05, 3.63) is 194 Å². The van der Waals surface area contributed by atoms with Crippen LogP contribution in [0.1, 0.15) is 0 Å². The molecule has 0 unspecified atom stereocenters. The Hall–Kier alpha value is -7.83. The zero-order valence-corrected chi connectivity index (χ0v) is 30.6. The van der Waals surface area contributed by atoms with Crippen LogP contribution in [0.5, 0.6) is 0 Å². The highest BCUT2D eigenvalue weighted by Crippen LogP contribution is 2.43. The number of hydrogen-bond acceptors (Lipinski definition) is 6. The summed E-state index contributed by atoms with van der Waals surface area (Å²) in [7, 11) is 0.